The molecule has 4 nitrogen and oxygen atoms in total. The van der Waals surface area contributed by atoms with E-state index in [0.29, 0.717) is 33.0 Å². The molecule has 8 heteroatoms. The Kier molecular flexibility index (Phi) is 10.5. The Morgan fingerprint density at radius 3 is 1.71 bits per heavy atom. The van der Waals surface area contributed by atoms with E-state index in [1.54, 1.807) is 0 Å². The van der Waals surface area contributed by atoms with E-state index in [0.717, 1.165) is 12.5 Å². The van der Waals surface area contributed by atoms with Crippen LogP contribution in [0.25, 0.3) is 0 Å². The van der Waals surface area contributed by atoms with Crippen molar-refractivity contribution in [3.63, 3.8) is 0 Å². The van der Waals surface area contributed by atoms with Gasteiger partial charge in [-0.05, 0) is 33.0 Å². The predicted molar refractivity (Wildman–Crippen MR) is 70.2 cm³/mol. The van der Waals surface area contributed by atoms with Gasteiger partial charge in [0.05, 0.1) is 0 Å². The van der Waals surface area contributed by atoms with Crippen molar-refractivity contribution in [2.75, 3.05) is 26.5 Å². The standard InChI is InChI=1S/C6H20NO3P3Si/c1-11-8-14(9-12-2,10-13-3)6-4-5-7/h11-13H,4-7H2,1-3H3. The maximum absolute atomic E-state index is 5.69. The summed E-state index contributed by atoms with van der Waals surface area (Å²) < 4.78 is 17.1. The van der Waals surface area contributed by atoms with Crippen LogP contribution in [0, 0.1) is 0 Å². The van der Waals surface area contributed by atoms with E-state index in [1.165, 1.54) is 0 Å². The predicted octanol–water partition coefficient (Wildman–Crippen LogP) is 1.99. The number of nitrogens with two attached hydrogens (primary N) is 1. The lowest BCUT2D eigenvalue weighted by Crippen LogP contribution is -2.39. The van der Waals surface area contributed by atoms with Gasteiger partial charge >= 0.3 is 8.80 Å². The molecule has 0 radical (unpaired) electrons. The van der Waals surface area contributed by atoms with Gasteiger partial charge in [-0.15, -0.1) is 0 Å². The monoisotopic (exact) mass is 275 g/mol. The molecule has 0 aliphatic carbocycles. The highest BCUT2D eigenvalue weighted by Crippen LogP contribution is 2.33. The van der Waals surface area contributed by atoms with Gasteiger partial charge in [0.25, 0.3) is 0 Å². The first-order valence-corrected chi connectivity index (χ1v) is 10.6. The molecule has 0 spiro atoms. The van der Waals surface area contributed by atoms with Gasteiger partial charge in [0.1, 0.15) is 0 Å². The van der Waals surface area contributed by atoms with Gasteiger partial charge in [-0.2, -0.15) is 0 Å². The van der Waals surface area contributed by atoms with Crippen molar-refractivity contribution in [2.45, 2.75) is 12.5 Å². The summed E-state index contributed by atoms with van der Waals surface area (Å²) in [5.41, 5.74) is 5.49. The molecule has 0 aliphatic heterocycles. The van der Waals surface area contributed by atoms with Gasteiger partial charge in [-0.1, -0.05) is 0 Å². The second-order valence-electron chi connectivity index (χ2n) is 2.49. The molecule has 0 fully saturated rings. The Hall–Kier alpha value is 1.35. The third-order valence-corrected chi connectivity index (χ3v) is 8.61. The number of hydrogen-bond donors (Lipinski definition) is 1. The molecule has 0 aromatic rings. The van der Waals surface area contributed by atoms with E-state index >= 15 is 0 Å². The molecule has 2 N–H and O–H groups in total. The Labute approximate surface area is 93.0 Å². The summed E-state index contributed by atoms with van der Waals surface area (Å²) in [6, 6.07) is 0.839. The maximum Gasteiger partial charge on any atom is 0.510 e. The van der Waals surface area contributed by atoms with Crippen LogP contribution in [0.1, 0.15) is 6.42 Å². The molecule has 86 valence electrons. The Morgan fingerprint density at radius 2 is 1.43 bits per heavy atom. The van der Waals surface area contributed by atoms with Crippen LogP contribution in [0.3, 0.4) is 0 Å². The number of hydrogen-bond acceptors (Lipinski definition) is 4. The molecule has 0 heterocycles. The van der Waals surface area contributed by atoms with Gasteiger partial charge in [0, 0.05) is 32.5 Å². The molecular formula is C6H20NO3P3Si. The fourth-order valence-corrected chi connectivity index (χ4v) is 8.22. The molecule has 0 bridgehead atoms. The van der Waals surface area contributed by atoms with Gasteiger partial charge in [-0.25, -0.2) is 0 Å². The van der Waals surface area contributed by atoms with Crippen LogP contribution in [0.5, 0.6) is 0 Å². The third kappa shape index (κ3) is 6.04. The summed E-state index contributed by atoms with van der Waals surface area (Å²) in [5, 5.41) is 0. The summed E-state index contributed by atoms with van der Waals surface area (Å²) >= 11 is 0. The van der Waals surface area contributed by atoms with Gasteiger partial charge < -0.3 is 18.4 Å². The first-order valence-electron chi connectivity index (χ1n) is 4.49. The molecule has 14 heavy (non-hydrogen) atoms. The normalized spacial score (nSPS) is 18.0. The topological polar surface area (TPSA) is 53.7 Å². The van der Waals surface area contributed by atoms with Crippen LogP contribution in [0.15, 0.2) is 0 Å². The fraction of sp³-hybridized carbons (Fsp3) is 1.00. The van der Waals surface area contributed by atoms with Gasteiger partial charge in [-0.3, -0.25) is 0 Å². The highest BCUT2D eigenvalue weighted by Gasteiger charge is 2.40. The molecule has 0 rings (SSSR count). The molecule has 0 aliphatic rings. The minimum absolute atomic E-state index is 0.420. The first-order chi connectivity index (χ1) is 6.74. The van der Waals surface area contributed by atoms with Crippen LogP contribution in [-0.4, -0.2) is 35.3 Å². The molecule has 0 aromatic heterocycles. The zero-order chi connectivity index (χ0) is 10.9. The van der Waals surface area contributed by atoms with E-state index < -0.39 is 8.80 Å². The van der Waals surface area contributed by atoms with Crippen molar-refractivity contribution >= 4 is 35.2 Å². The van der Waals surface area contributed by atoms with E-state index in [1.807, 2.05) is 20.0 Å². The van der Waals surface area contributed by atoms with E-state index in [-0.39, 0.29) is 0 Å². The van der Waals surface area contributed by atoms with Gasteiger partial charge in [0.15, 0.2) is 0 Å². The molecule has 0 aromatic carbocycles. The lowest BCUT2D eigenvalue weighted by Gasteiger charge is -2.27. The molecule has 3 unspecified atom stereocenters. The zero-order valence-corrected chi connectivity index (χ0v) is 12.9. The molecule has 0 saturated carbocycles. The Morgan fingerprint density at radius 1 is 1.00 bits per heavy atom. The second kappa shape index (κ2) is 9.56. The van der Waals surface area contributed by atoms with Crippen molar-refractivity contribution in [2.24, 2.45) is 5.73 Å². The first kappa shape index (κ1) is 15.3. The molecule has 0 saturated heterocycles. The minimum atomic E-state index is -2.36. The van der Waals surface area contributed by atoms with Crippen LogP contribution in [-0.2, 0) is 12.6 Å². The zero-order valence-electron chi connectivity index (χ0n) is 8.92. The third-order valence-electron chi connectivity index (χ3n) is 1.46. The van der Waals surface area contributed by atoms with Crippen LogP contribution >= 0.6 is 26.4 Å². The average Bonchev–Trinajstić information content (AvgIpc) is 2.16. The lowest BCUT2D eigenvalue weighted by molar-refractivity contribution is 0.311. The fourth-order valence-electron chi connectivity index (χ4n) is 1.00. The highest BCUT2D eigenvalue weighted by molar-refractivity contribution is 7.38. The van der Waals surface area contributed by atoms with Crippen molar-refractivity contribution in [3.05, 3.63) is 0 Å². The summed E-state index contributed by atoms with van der Waals surface area (Å²) in [6.45, 7) is 6.65. The van der Waals surface area contributed by atoms with Crippen LogP contribution in [0.2, 0.25) is 6.04 Å². The highest BCUT2D eigenvalue weighted by atomic mass is 31.1. The minimum Gasteiger partial charge on any atom is -0.353 e. The summed E-state index contributed by atoms with van der Waals surface area (Å²) in [7, 11) is -1.10. The Bertz CT molecular complexity index is 126. The summed E-state index contributed by atoms with van der Waals surface area (Å²) in [5.74, 6) is 0. The smallest absolute Gasteiger partial charge is 0.353 e. The Balaban J connectivity index is 4.21. The second-order valence-corrected chi connectivity index (χ2v) is 8.03. The van der Waals surface area contributed by atoms with Crippen molar-refractivity contribution in [1.82, 2.24) is 0 Å². The van der Waals surface area contributed by atoms with Crippen molar-refractivity contribution < 1.29 is 12.6 Å². The van der Waals surface area contributed by atoms with Gasteiger partial charge in [0.2, 0.25) is 0 Å². The van der Waals surface area contributed by atoms with E-state index in [4.69, 9.17) is 18.4 Å². The summed E-state index contributed by atoms with van der Waals surface area (Å²) in [6.07, 6.45) is 0.908. The summed E-state index contributed by atoms with van der Waals surface area (Å²) in [4.78, 5) is 0. The lowest BCUT2D eigenvalue weighted by atomic mass is 10.5. The SMILES string of the molecule is CPO[Si](CCCN)(OPC)OPC. The van der Waals surface area contributed by atoms with E-state index in [2.05, 4.69) is 0 Å². The molecular weight excluding hydrogens is 255 g/mol. The average molecular weight is 275 g/mol. The molecule has 0 amide bonds. The maximum atomic E-state index is 5.69. The largest absolute Gasteiger partial charge is 0.510 e. The van der Waals surface area contributed by atoms with E-state index in [9.17, 15) is 0 Å². The van der Waals surface area contributed by atoms with Crippen LogP contribution < -0.4 is 5.73 Å². The number of rotatable bonds is 9. The van der Waals surface area contributed by atoms with Crippen molar-refractivity contribution in [1.29, 1.82) is 0 Å². The van der Waals surface area contributed by atoms with Crippen LogP contribution in [0.4, 0.5) is 0 Å². The quantitative estimate of drug-likeness (QED) is 0.516. The van der Waals surface area contributed by atoms with Crippen molar-refractivity contribution in [3.8, 4) is 0 Å². The molecule has 3 atom stereocenters.